The van der Waals surface area contributed by atoms with E-state index in [0.29, 0.717) is 5.56 Å². The molecule has 2 rings (SSSR count). The number of methoxy groups -OCH3 is 1. The van der Waals surface area contributed by atoms with E-state index in [0.717, 1.165) is 5.56 Å². The largest absolute Gasteiger partial charge is 0.465 e. The van der Waals surface area contributed by atoms with Crippen LogP contribution in [0.5, 0.6) is 0 Å². The number of hydrogen-bond acceptors (Lipinski definition) is 4. The first-order valence-corrected chi connectivity index (χ1v) is 4.71. The van der Waals surface area contributed by atoms with Gasteiger partial charge in [-0.1, -0.05) is 12.1 Å². The smallest absolute Gasteiger partial charge is 0.337 e. The zero-order valence-corrected chi connectivity index (χ0v) is 8.34. The minimum atomic E-state index is -0.363. The van der Waals surface area contributed by atoms with Crippen LogP contribution < -0.4 is 0 Å². The van der Waals surface area contributed by atoms with Gasteiger partial charge in [0.2, 0.25) is 0 Å². The van der Waals surface area contributed by atoms with E-state index in [1.165, 1.54) is 7.11 Å². The van der Waals surface area contributed by atoms with E-state index in [-0.39, 0.29) is 24.8 Å². The maximum Gasteiger partial charge on any atom is 0.337 e. The lowest BCUT2D eigenvalue weighted by Crippen LogP contribution is -2.02. The SMILES string of the molecule is COC(=O)c1cccc([C@H]2O[C@@H]2CO)c1. The molecule has 80 valence electrons. The molecule has 0 unspecified atom stereocenters. The van der Waals surface area contributed by atoms with Crippen molar-refractivity contribution in [3.05, 3.63) is 35.4 Å². The molecule has 1 heterocycles. The normalized spacial score (nSPS) is 23.6. The summed E-state index contributed by atoms with van der Waals surface area (Å²) in [6.45, 7) is 0.00706. The molecule has 0 bridgehead atoms. The molecule has 4 heteroatoms. The topological polar surface area (TPSA) is 59.1 Å². The Labute approximate surface area is 87.4 Å². The number of epoxide rings is 1. The van der Waals surface area contributed by atoms with Gasteiger partial charge in [0.05, 0.1) is 19.3 Å². The number of aliphatic hydroxyl groups is 1. The molecule has 0 saturated carbocycles. The summed E-state index contributed by atoms with van der Waals surface area (Å²) in [5.74, 6) is -0.363. The fourth-order valence-corrected chi connectivity index (χ4v) is 1.54. The molecule has 0 aromatic heterocycles. The molecule has 2 atom stereocenters. The van der Waals surface area contributed by atoms with Crippen LogP contribution >= 0.6 is 0 Å². The van der Waals surface area contributed by atoms with Gasteiger partial charge in [-0.05, 0) is 17.7 Å². The van der Waals surface area contributed by atoms with Crippen LogP contribution in [-0.2, 0) is 9.47 Å². The van der Waals surface area contributed by atoms with E-state index in [2.05, 4.69) is 4.74 Å². The summed E-state index contributed by atoms with van der Waals surface area (Å²) in [4.78, 5) is 11.2. The number of esters is 1. The third-order valence-electron chi connectivity index (χ3n) is 2.40. The van der Waals surface area contributed by atoms with E-state index in [9.17, 15) is 4.79 Å². The van der Waals surface area contributed by atoms with Crippen LogP contribution in [-0.4, -0.2) is 30.9 Å². The lowest BCUT2D eigenvalue weighted by molar-refractivity contribution is 0.0600. The standard InChI is InChI=1S/C11H12O4/c1-14-11(13)8-4-2-3-7(5-8)10-9(6-12)15-10/h2-5,9-10,12H,6H2,1H3/t9-,10-/m1/s1. The maximum atomic E-state index is 11.2. The van der Waals surface area contributed by atoms with Crippen LogP contribution in [0.4, 0.5) is 0 Å². The second-order valence-corrected chi connectivity index (χ2v) is 3.39. The highest BCUT2D eigenvalue weighted by Crippen LogP contribution is 2.38. The number of benzene rings is 1. The molecule has 1 aromatic carbocycles. The molecule has 1 aliphatic rings. The second-order valence-electron chi connectivity index (χ2n) is 3.39. The number of hydrogen-bond donors (Lipinski definition) is 1. The molecule has 15 heavy (non-hydrogen) atoms. The van der Waals surface area contributed by atoms with Gasteiger partial charge in [0.25, 0.3) is 0 Å². The van der Waals surface area contributed by atoms with Crippen LogP contribution in [0.25, 0.3) is 0 Å². The van der Waals surface area contributed by atoms with Crippen LogP contribution in [0, 0.1) is 0 Å². The maximum absolute atomic E-state index is 11.2. The third-order valence-corrected chi connectivity index (χ3v) is 2.40. The number of carbonyl (C=O) groups is 1. The van der Waals surface area contributed by atoms with E-state index >= 15 is 0 Å². The van der Waals surface area contributed by atoms with E-state index in [1.807, 2.05) is 6.07 Å². The Morgan fingerprint density at radius 3 is 3.00 bits per heavy atom. The monoisotopic (exact) mass is 208 g/mol. The predicted molar refractivity (Wildman–Crippen MR) is 52.5 cm³/mol. The highest BCUT2D eigenvalue weighted by molar-refractivity contribution is 5.89. The molecule has 1 aliphatic heterocycles. The molecule has 1 N–H and O–H groups in total. The summed E-state index contributed by atoms with van der Waals surface area (Å²) in [6, 6.07) is 7.06. The predicted octanol–water partition coefficient (Wildman–Crippen LogP) is 0.905. The van der Waals surface area contributed by atoms with Crippen molar-refractivity contribution in [2.24, 2.45) is 0 Å². The number of carbonyl (C=O) groups excluding carboxylic acids is 1. The molecule has 0 spiro atoms. The summed E-state index contributed by atoms with van der Waals surface area (Å²) in [5, 5.41) is 8.85. The van der Waals surface area contributed by atoms with Gasteiger partial charge in [-0.15, -0.1) is 0 Å². The summed E-state index contributed by atoms with van der Waals surface area (Å²) >= 11 is 0. The van der Waals surface area contributed by atoms with Crippen LogP contribution in [0.1, 0.15) is 22.0 Å². The lowest BCUT2D eigenvalue weighted by Gasteiger charge is -2.01. The van der Waals surface area contributed by atoms with Gasteiger partial charge in [-0.2, -0.15) is 0 Å². The van der Waals surface area contributed by atoms with Crippen LogP contribution in [0.2, 0.25) is 0 Å². The zero-order chi connectivity index (χ0) is 10.8. The Kier molecular flexibility index (Phi) is 2.70. The minimum Gasteiger partial charge on any atom is -0.465 e. The quantitative estimate of drug-likeness (QED) is 0.592. The number of ether oxygens (including phenoxy) is 2. The Morgan fingerprint density at radius 1 is 1.60 bits per heavy atom. The number of aliphatic hydroxyl groups excluding tert-OH is 1. The molecule has 1 fully saturated rings. The van der Waals surface area contributed by atoms with Crippen molar-refractivity contribution in [1.82, 2.24) is 0 Å². The highest BCUT2D eigenvalue weighted by Gasteiger charge is 2.39. The summed E-state index contributed by atoms with van der Waals surface area (Å²) in [6.07, 6.45) is -0.211. The average molecular weight is 208 g/mol. The van der Waals surface area contributed by atoms with Gasteiger partial charge in [0, 0.05) is 0 Å². The second kappa shape index (κ2) is 4.00. The summed E-state index contributed by atoms with van der Waals surface area (Å²) in [7, 11) is 1.35. The third kappa shape index (κ3) is 2.00. The van der Waals surface area contributed by atoms with Crippen LogP contribution in [0.15, 0.2) is 24.3 Å². The summed E-state index contributed by atoms with van der Waals surface area (Å²) in [5.41, 5.74) is 1.40. The molecule has 1 saturated heterocycles. The fraction of sp³-hybridized carbons (Fsp3) is 0.364. The lowest BCUT2D eigenvalue weighted by atomic mass is 10.1. The number of rotatable bonds is 3. The van der Waals surface area contributed by atoms with Gasteiger partial charge >= 0.3 is 5.97 Å². The minimum absolute atomic E-state index is 0.00706. The molecular formula is C11H12O4. The van der Waals surface area contributed by atoms with Crippen molar-refractivity contribution in [3.63, 3.8) is 0 Å². The van der Waals surface area contributed by atoms with E-state index < -0.39 is 0 Å². The van der Waals surface area contributed by atoms with Gasteiger partial charge in [0.15, 0.2) is 0 Å². The Hall–Kier alpha value is -1.39. The molecule has 0 amide bonds. The Balaban J connectivity index is 2.17. The first-order chi connectivity index (χ1) is 7.26. The van der Waals surface area contributed by atoms with Crippen molar-refractivity contribution >= 4 is 5.97 Å². The van der Waals surface area contributed by atoms with E-state index in [4.69, 9.17) is 9.84 Å². The molecule has 0 aliphatic carbocycles. The van der Waals surface area contributed by atoms with Crippen molar-refractivity contribution in [2.45, 2.75) is 12.2 Å². The van der Waals surface area contributed by atoms with Crippen molar-refractivity contribution in [3.8, 4) is 0 Å². The molecule has 1 aromatic rings. The molecule has 4 nitrogen and oxygen atoms in total. The fourth-order valence-electron chi connectivity index (χ4n) is 1.54. The van der Waals surface area contributed by atoms with Crippen molar-refractivity contribution in [1.29, 1.82) is 0 Å². The highest BCUT2D eigenvalue weighted by atomic mass is 16.6. The summed E-state index contributed by atoms with van der Waals surface area (Å²) < 4.78 is 9.83. The Bertz CT molecular complexity index is 375. The average Bonchev–Trinajstić information content (AvgIpc) is 3.07. The van der Waals surface area contributed by atoms with Gasteiger partial charge < -0.3 is 14.6 Å². The van der Waals surface area contributed by atoms with Gasteiger partial charge in [0.1, 0.15) is 12.2 Å². The first kappa shape index (κ1) is 10.1. The van der Waals surface area contributed by atoms with E-state index in [1.54, 1.807) is 18.2 Å². The van der Waals surface area contributed by atoms with Crippen molar-refractivity contribution in [2.75, 3.05) is 13.7 Å². The first-order valence-electron chi connectivity index (χ1n) is 4.71. The Morgan fingerprint density at radius 2 is 2.40 bits per heavy atom. The zero-order valence-electron chi connectivity index (χ0n) is 8.34. The molecule has 0 radical (unpaired) electrons. The molecular weight excluding hydrogens is 196 g/mol. The van der Waals surface area contributed by atoms with Gasteiger partial charge in [-0.25, -0.2) is 4.79 Å². The van der Waals surface area contributed by atoms with Crippen molar-refractivity contribution < 1.29 is 19.4 Å². The van der Waals surface area contributed by atoms with Gasteiger partial charge in [-0.3, -0.25) is 0 Å². The van der Waals surface area contributed by atoms with Crippen LogP contribution in [0.3, 0.4) is 0 Å².